The normalized spacial score (nSPS) is 13.1. The van der Waals surface area contributed by atoms with Crippen molar-refractivity contribution >= 4 is 28.5 Å². The van der Waals surface area contributed by atoms with Crippen molar-refractivity contribution in [3.05, 3.63) is 53.9 Å². The maximum absolute atomic E-state index is 12.4. The molecule has 2 N–H and O–H groups in total. The van der Waals surface area contributed by atoms with Crippen LogP contribution in [0.2, 0.25) is 0 Å². The van der Waals surface area contributed by atoms with Crippen molar-refractivity contribution in [3.8, 4) is 5.75 Å². The summed E-state index contributed by atoms with van der Waals surface area (Å²) in [5, 5.41) is 5.68. The van der Waals surface area contributed by atoms with Crippen LogP contribution in [-0.4, -0.2) is 34.5 Å². The molecule has 1 aliphatic heterocycles. The number of para-hydroxylation sites is 2. The molecule has 0 unspecified atom stereocenters. The number of amides is 2. The number of ether oxygens (including phenoxy) is 1. The number of nitrogens with one attached hydrogen (secondary N) is 2. The number of imidazole rings is 1. The van der Waals surface area contributed by atoms with Gasteiger partial charge in [0, 0.05) is 24.6 Å². The van der Waals surface area contributed by atoms with Crippen LogP contribution < -0.4 is 15.4 Å². The Morgan fingerprint density at radius 3 is 2.87 bits per heavy atom. The minimum absolute atomic E-state index is 0.00594. The van der Waals surface area contributed by atoms with Crippen LogP contribution >= 0.6 is 0 Å². The Morgan fingerprint density at radius 2 is 2.03 bits per heavy atom. The third-order valence-electron chi connectivity index (χ3n) is 5.42. The highest BCUT2D eigenvalue weighted by Crippen LogP contribution is 2.28. The predicted molar refractivity (Wildman–Crippen MR) is 121 cm³/mol. The van der Waals surface area contributed by atoms with Crippen LogP contribution in [0.5, 0.6) is 5.75 Å². The van der Waals surface area contributed by atoms with Gasteiger partial charge in [0.1, 0.15) is 11.6 Å². The fraction of sp³-hybridized carbons (Fsp3) is 0.375. The molecule has 4 rings (SSSR count). The second-order valence-electron chi connectivity index (χ2n) is 8.09. The maximum Gasteiger partial charge on any atom is 0.262 e. The molecular weight excluding hydrogens is 392 g/mol. The summed E-state index contributed by atoms with van der Waals surface area (Å²) in [6.07, 6.45) is 3.85. The van der Waals surface area contributed by atoms with E-state index in [9.17, 15) is 9.59 Å². The first-order valence-corrected chi connectivity index (χ1v) is 10.8. The van der Waals surface area contributed by atoms with Gasteiger partial charge in [-0.15, -0.1) is 0 Å². The Labute approximate surface area is 181 Å². The van der Waals surface area contributed by atoms with Crippen LogP contribution in [0.3, 0.4) is 0 Å². The van der Waals surface area contributed by atoms with Gasteiger partial charge in [0.15, 0.2) is 6.61 Å². The van der Waals surface area contributed by atoms with Crippen LogP contribution in [0.15, 0.2) is 42.5 Å². The number of anilines is 1. The van der Waals surface area contributed by atoms with E-state index >= 15 is 0 Å². The summed E-state index contributed by atoms with van der Waals surface area (Å²) in [5.41, 5.74) is 3.28. The molecule has 7 heteroatoms. The lowest BCUT2D eigenvalue weighted by atomic mass is 10.1. The SMILES string of the molecule is CC(C)n1c(CCCCCNC(=O)c2ccc3c(c2)NC(=O)CO3)nc2ccccc21. The summed E-state index contributed by atoms with van der Waals surface area (Å²) in [6, 6.07) is 13.7. The van der Waals surface area contributed by atoms with Crippen LogP contribution in [0.25, 0.3) is 11.0 Å². The number of aryl methyl sites for hydroxylation is 1. The summed E-state index contributed by atoms with van der Waals surface area (Å²) in [7, 11) is 0. The lowest BCUT2D eigenvalue weighted by molar-refractivity contribution is -0.118. The van der Waals surface area contributed by atoms with Crippen LogP contribution in [0, 0.1) is 0 Å². The topological polar surface area (TPSA) is 85.2 Å². The Kier molecular flexibility index (Phi) is 6.21. The molecule has 1 aromatic heterocycles. The molecule has 2 amide bonds. The fourth-order valence-corrected chi connectivity index (χ4v) is 3.96. The highest BCUT2D eigenvalue weighted by molar-refractivity contribution is 5.99. The molecule has 0 fully saturated rings. The monoisotopic (exact) mass is 420 g/mol. The van der Waals surface area contributed by atoms with Crippen molar-refractivity contribution in [3.63, 3.8) is 0 Å². The number of carbonyl (C=O) groups is 2. The van der Waals surface area contributed by atoms with E-state index in [1.807, 2.05) is 6.07 Å². The van der Waals surface area contributed by atoms with E-state index in [4.69, 9.17) is 9.72 Å². The number of aromatic nitrogens is 2. The molecule has 0 aliphatic carbocycles. The average Bonchev–Trinajstić information content (AvgIpc) is 3.14. The molecule has 2 aromatic carbocycles. The summed E-state index contributed by atoms with van der Waals surface area (Å²) in [4.78, 5) is 28.7. The average molecular weight is 421 g/mol. The molecule has 0 radical (unpaired) electrons. The second-order valence-corrected chi connectivity index (χ2v) is 8.09. The Bertz CT molecular complexity index is 1100. The van der Waals surface area contributed by atoms with Gasteiger partial charge < -0.3 is 19.9 Å². The fourth-order valence-electron chi connectivity index (χ4n) is 3.96. The van der Waals surface area contributed by atoms with E-state index in [1.54, 1.807) is 18.2 Å². The number of unbranched alkanes of at least 4 members (excludes halogenated alkanes) is 2. The second kappa shape index (κ2) is 9.20. The van der Waals surface area contributed by atoms with Crippen LogP contribution in [0.1, 0.15) is 55.3 Å². The van der Waals surface area contributed by atoms with E-state index in [2.05, 4.69) is 47.2 Å². The van der Waals surface area contributed by atoms with E-state index in [-0.39, 0.29) is 18.4 Å². The molecule has 31 heavy (non-hydrogen) atoms. The molecule has 3 aromatic rings. The van der Waals surface area contributed by atoms with Crippen molar-refractivity contribution in [2.24, 2.45) is 0 Å². The minimum Gasteiger partial charge on any atom is -0.482 e. The lowest BCUT2D eigenvalue weighted by Gasteiger charge is -2.18. The minimum atomic E-state index is -0.212. The molecule has 2 heterocycles. The third-order valence-corrected chi connectivity index (χ3v) is 5.42. The van der Waals surface area contributed by atoms with Crippen molar-refractivity contribution in [1.29, 1.82) is 0 Å². The molecule has 0 bridgehead atoms. The quantitative estimate of drug-likeness (QED) is 0.538. The zero-order valence-electron chi connectivity index (χ0n) is 18.0. The molecular formula is C24H28N4O3. The van der Waals surface area contributed by atoms with E-state index in [0.717, 1.165) is 37.0 Å². The number of fused-ring (bicyclic) bond motifs is 2. The standard InChI is InChI=1S/C24H28N4O3/c1-16(2)28-20-9-6-5-8-18(20)26-22(28)10-4-3-7-13-25-24(30)17-11-12-21-19(14-17)27-23(29)15-31-21/h5-6,8-9,11-12,14,16H,3-4,7,10,13,15H2,1-2H3,(H,25,30)(H,27,29). The number of benzene rings is 2. The van der Waals surface area contributed by atoms with Gasteiger partial charge in [-0.1, -0.05) is 18.6 Å². The van der Waals surface area contributed by atoms with E-state index in [0.29, 0.717) is 29.6 Å². The van der Waals surface area contributed by atoms with Gasteiger partial charge in [0.05, 0.1) is 16.7 Å². The van der Waals surface area contributed by atoms with Gasteiger partial charge in [0.25, 0.3) is 11.8 Å². The molecule has 0 saturated carbocycles. The Morgan fingerprint density at radius 1 is 1.19 bits per heavy atom. The molecule has 0 atom stereocenters. The van der Waals surface area contributed by atoms with Crippen molar-refractivity contribution < 1.29 is 14.3 Å². The van der Waals surface area contributed by atoms with E-state index < -0.39 is 0 Å². The van der Waals surface area contributed by atoms with Gasteiger partial charge in [-0.2, -0.15) is 0 Å². The first kappa shape index (κ1) is 20.9. The summed E-state index contributed by atoms with van der Waals surface area (Å²) in [6.45, 7) is 4.99. The van der Waals surface area contributed by atoms with Gasteiger partial charge in [-0.3, -0.25) is 9.59 Å². The molecule has 1 aliphatic rings. The Balaban J connectivity index is 1.24. The van der Waals surface area contributed by atoms with Gasteiger partial charge in [0.2, 0.25) is 0 Å². The number of hydrogen-bond acceptors (Lipinski definition) is 4. The third kappa shape index (κ3) is 4.71. The molecule has 0 spiro atoms. The summed E-state index contributed by atoms with van der Waals surface area (Å²) < 4.78 is 7.64. The number of hydrogen-bond donors (Lipinski definition) is 2. The summed E-state index contributed by atoms with van der Waals surface area (Å²) >= 11 is 0. The largest absolute Gasteiger partial charge is 0.482 e. The van der Waals surface area contributed by atoms with Crippen molar-refractivity contribution in [1.82, 2.24) is 14.9 Å². The van der Waals surface area contributed by atoms with Crippen molar-refractivity contribution in [2.75, 3.05) is 18.5 Å². The highest BCUT2D eigenvalue weighted by atomic mass is 16.5. The van der Waals surface area contributed by atoms with Crippen LogP contribution in [-0.2, 0) is 11.2 Å². The van der Waals surface area contributed by atoms with E-state index in [1.165, 1.54) is 5.52 Å². The first-order valence-electron chi connectivity index (χ1n) is 10.8. The maximum atomic E-state index is 12.4. The van der Waals surface area contributed by atoms with Gasteiger partial charge in [-0.05, 0) is 57.0 Å². The summed E-state index contributed by atoms with van der Waals surface area (Å²) in [5.74, 6) is 1.35. The molecule has 0 saturated heterocycles. The first-order chi connectivity index (χ1) is 15.0. The zero-order valence-corrected chi connectivity index (χ0v) is 18.0. The smallest absolute Gasteiger partial charge is 0.262 e. The highest BCUT2D eigenvalue weighted by Gasteiger charge is 2.18. The zero-order chi connectivity index (χ0) is 21.8. The predicted octanol–water partition coefficient (Wildman–Crippen LogP) is 4.09. The number of carbonyl (C=O) groups excluding carboxylic acids is 2. The lowest BCUT2D eigenvalue weighted by Crippen LogP contribution is -2.27. The van der Waals surface area contributed by atoms with Gasteiger partial charge >= 0.3 is 0 Å². The Hall–Kier alpha value is -3.35. The van der Waals surface area contributed by atoms with Crippen LogP contribution in [0.4, 0.5) is 5.69 Å². The number of nitrogens with zero attached hydrogens (tertiary/aromatic N) is 2. The van der Waals surface area contributed by atoms with Gasteiger partial charge in [-0.25, -0.2) is 4.98 Å². The molecule has 162 valence electrons. The van der Waals surface area contributed by atoms with Crippen molar-refractivity contribution in [2.45, 2.75) is 45.6 Å². The molecule has 7 nitrogen and oxygen atoms in total. The number of rotatable bonds is 8.